The van der Waals surface area contributed by atoms with E-state index in [4.69, 9.17) is 4.55 Å². The molecular formula is C12H28N2O7S. The summed E-state index contributed by atoms with van der Waals surface area (Å²) in [6, 6.07) is 0. The van der Waals surface area contributed by atoms with E-state index >= 15 is 0 Å². The minimum Gasteiger partial charge on any atom is -0.549 e. The van der Waals surface area contributed by atoms with Gasteiger partial charge in [-0.25, -0.2) is 0 Å². The van der Waals surface area contributed by atoms with Crippen molar-refractivity contribution in [3.8, 4) is 0 Å². The summed E-state index contributed by atoms with van der Waals surface area (Å²) < 4.78 is 31.7. The highest BCUT2D eigenvalue weighted by atomic mass is 32.2. The minimum atomic E-state index is -5.11. The molecule has 0 spiro atoms. The molecule has 10 heteroatoms. The molecule has 0 aromatic rings. The van der Waals surface area contributed by atoms with Gasteiger partial charge in [0.25, 0.3) is 10.1 Å². The van der Waals surface area contributed by atoms with Gasteiger partial charge in [0.2, 0.25) is 0 Å². The summed E-state index contributed by atoms with van der Waals surface area (Å²) in [4.78, 5) is 22.5. The van der Waals surface area contributed by atoms with Crippen molar-refractivity contribution in [3.05, 3.63) is 0 Å². The van der Waals surface area contributed by atoms with Crippen LogP contribution in [0.2, 0.25) is 0 Å². The van der Waals surface area contributed by atoms with E-state index in [0.717, 1.165) is 0 Å². The molecule has 0 bridgehead atoms. The lowest BCUT2D eigenvalue weighted by Crippen LogP contribution is -2.59. The highest BCUT2D eigenvalue weighted by Crippen LogP contribution is 2.37. The summed E-state index contributed by atoms with van der Waals surface area (Å²) >= 11 is 0. The Balaban J connectivity index is -0.00000180. The molecule has 22 heavy (non-hydrogen) atoms. The summed E-state index contributed by atoms with van der Waals surface area (Å²) in [6.07, 6.45) is 1.29. The van der Waals surface area contributed by atoms with Crippen molar-refractivity contribution >= 4 is 22.1 Å². The van der Waals surface area contributed by atoms with E-state index in [-0.39, 0.29) is 25.1 Å². The summed E-state index contributed by atoms with van der Waals surface area (Å²) in [5, 5.41) is 20.0. The molecule has 0 aliphatic rings. The number of carboxylic acids is 2. The average Bonchev–Trinajstić information content (AvgIpc) is 2.29. The van der Waals surface area contributed by atoms with Crippen LogP contribution in [0.4, 0.5) is 0 Å². The van der Waals surface area contributed by atoms with Crippen LogP contribution in [0.15, 0.2) is 0 Å². The molecule has 134 valence electrons. The second kappa shape index (κ2) is 10.5. The average molecular weight is 344 g/mol. The predicted molar refractivity (Wildman–Crippen MR) is 78.8 cm³/mol. The first-order chi connectivity index (χ1) is 9.13. The Morgan fingerprint density at radius 1 is 1.05 bits per heavy atom. The summed E-state index contributed by atoms with van der Waals surface area (Å²) in [7, 11) is -5.11. The number of quaternary nitrogens is 2. The number of carboxylic acid groups (broad SMARTS) is 2. The van der Waals surface area contributed by atoms with Crippen LogP contribution in [-0.2, 0) is 19.7 Å². The number of carbonyl (C=O) groups is 2. The molecule has 0 amide bonds. The Morgan fingerprint density at radius 2 is 1.41 bits per heavy atom. The van der Waals surface area contributed by atoms with Crippen LogP contribution in [0.3, 0.4) is 0 Å². The lowest BCUT2D eigenvalue weighted by Gasteiger charge is -2.40. The number of rotatable bonds is 10. The van der Waals surface area contributed by atoms with Gasteiger partial charge in [-0.3, -0.25) is 4.55 Å². The third kappa shape index (κ3) is 6.26. The van der Waals surface area contributed by atoms with Crippen LogP contribution >= 0.6 is 0 Å². The number of hydrogen-bond acceptors (Lipinski definition) is 6. The Morgan fingerprint density at radius 3 is 1.59 bits per heavy atom. The first kappa shape index (κ1) is 25.7. The maximum absolute atomic E-state index is 11.4. The highest BCUT2D eigenvalue weighted by molar-refractivity contribution is 7.87. The predicted octanol–water partition coefficient (Wildman–Crippen LogP) is -0.138. The fourth-order valence-electron chi connectivity index (χ4n) is 2.32. The van der Waals surface area contributed by atoms with Gasteiger partial charge in [0.1, 0.15) is 5.25 Å². The Kier molecular flexibility index (Phi) is 12.3. The van der Waals surface area contributed by atoms with Crippen LogP contribution in [0.5, 0.6) is 0 Å². The van der Waals surface area contributed by atoms with Crippen molar-refractivity contribution in [3.63, 3.8) is 0 Å². The van der Waals surface area contributed by atoms with Crippen molar-refractivity contribution in [2.24, 2.45) is 5.41 Å². The van der Waals surface area contributed by atoms with E-state index in [1.165, 1.54) is 0 Å². The monoisotopic (exact) mass is 344 g/mol. The smallest absolute Gasteiger partial charge is 0.274 e. The zero-order valence-corrected chi connectivity index (χ0v) is 14.4. The molecule has 0 heterocycles. The molecule has 0 aliphatic carbocycles. The van der Waals surface area contributed by atoms with E-state index in [2.05, 4.69) is 0 Å². The molecule has 1 atom stereocenters. The van der Waals surface area contributed by atoms with Crippen molar-refractivity contribution in [1.29, 1.82) is 0 Å². The van der Waals surface area contributed by atoms with E-state index < -0.39 is 32.7 Å². The number of aliphatic carboxylic acids is 2. The SMILES string of the molecule is CCCCC(CCCC)(C(=O)[O-])C(C(=O)[O-])S(=O)(=O)O.[NH4+].[NH4+]. The summed E-state index contributed by atoms with van der Waals surface area (Å²) in [5.41, 5.74) is -2.17. The molecule has 0 aromatic carbocycles. The molecule has 0 aliphatic heterocycles. The molecular weight excluding hydrogens is 316 g/mol. The van der Waals surface area contributed by atoms with Crippen LogP contribution in [0, 0.1) is 5.41 Å². The van der Waals surface area contributed by atoms with Crippen LogP contribution in [0.25, 0.3) is 0 Å². The topological polar surface area (TPSA) is 208 Å². The zero-order chi connectivity index (χ0) is 16.0. The van der Waals surface area contributed by atoms with Gasteiger partial charge in [-0.05, 0) is 12.8 Å². The van der Waals surface area contributed by atoms with Crippen molar-refractivity contribution in [1.82, 2.24) is 12.3 Å². The van der Waals surface area contributed by atoms with Gasteiger partial charge < -0.3 is 32.1 Å². The number of unbranched alkanes of at least 4 members (excludes halogenated alkanes) is 2. The zero-order valence-electron chi connectivity index (χ0n) is 13.6. The third-order valence-corrected chi connectivity index (χ3v) is 4.61. The maximum Gasteiger partial charge on any atom is 0.274 e. The van der Waals surface area contributed by atoms with E-state index in [1.54, 1.807) is 13.8 Å². The van der Waals surface area contributed by atoms with Crippen LogP contribution in [0.1, 0.15) is 52.4 Å². The molecule has 0 aromatic heterocycles. The summed E-state index contributed by atoms with van der Waals surface area (Å²) in [6.45, 7) is 3.50. The molecule has 0 radical (unpaired) electrons. The lowest BCUT2D eigenvalue weighted by molar-refractivity contribution is -0.328. The molecule has 0 saturated carbocycles. The molecule has 0 saturated heterocycles. The van der Waals surface area contributed by atoms with Gasteiger partial charge in [-0.2, -0.15) is 8.42 Å². The van der Waals surface area contributed by atoms with Gasteiger partial charge in [-0.15, -0.1) is 0 Å². The van der Waals surface area contributed by atoms with E-state index in [0.29, 0.717) is 25.7 Å². The highest BCUT2D eigenvalue weighted by Gasteiger charge is 2.47. The van der Waals surface area contributed by atoms with Crippen LogP contribution < -0.4 is 22.5 Å². The molecule has 1 unspecified atom stereocenters. The standard InChI is InChI=1S/C12H22O7S.2H3N/c1-3-5-7-12(11(15)16,8-6-4-2)9(10(13)14)20(17,18)19;;/h9H,3-8H2,1-2H3,(H,13,14)(H,15,16)(H,17,18,19);2*1H3. The van der Waals surface area contributed by atoms with Crippen LogP contribution in [-0.4, -0.2) is 30.2 Å². The fourth-order valence-corrected chi connectivity index (χ4v) is 3.46. The van der Waals surface area contributed by atoms with Gasteiger partial charge >= 0.3 is 0 Å². The minimum absolute atomic E-state index is 0. The van der Waals surface area contributed by atoms with Gasteiger partial charge in [0.05, 0.1) is 5.97 Å². The second-order valence-electron chi connectivity index (χ2n) is 4.86. The quantitative estimate of drug-likeness (QED) is 0.456. The van der Waals surface area contributed by atoms with Crippen molar-refractivity contribution < 1.29 is 32.8 Å². The number of hydrogen-bond donors (Lipinski definition) is 3. The van der Waals surface area contributed by atoms with Crippen molar-refractivity contribution in [2.75, 3.05) is 0 Å². The third-order valence-electron chi connectivity index (χ3n) is 3.37. The van der Waals surface area contributed by atoms with E-state index in [9.17, 15) is 28.2 Å². The first-order valence-electron chi connectivity index (χ1n) is 6.52. The lowest BCUT2D eigenvalue weighted by atomic mass is 9.75. The second-order valence-corrected chi connectivity index (χ2v) is 6.37. The molecule has 0 rings (SSSR count). The van der Waals surface area contributed by atoms with Gasteiger partial charge in [0.15, 0.2) is 0 Å². The van der Waals surface area contributed by atoms with Gasteiger partial charge in [0, 0.05) is 11.4 Å². The largest absolute Gasteiger partial charge is 0.549 e. The molecule has 9 N–H and O–H groups in total. The normalized spacial score (nSPS) is 12.7. The Bertz CT molecular complexity index is 442. The maximum atomic E-state index is 11.4. The first-order valence-corrected chi connectivity index (χ1v) is 8.02. The van der Waals surface area contributed by atoms with Crippen molar-refractivity contribution in [2.45, 2.75) is 57.6 Å². The van der Waals surface area contributed by atoms with E-state index in [1.807, 2.05) is 0 Å². The number of carbonyl (C=O) groups excluding carboxylic acids is 2. The fraction of sp³-hybridized carbons (Fsp3) is 0.833. The Hall–Kier alpha value is -1.23. The molecule has 0 fully saturated rings. The van der Waals surface area contributed by atoms with Gasteiger partial charge in [-0.1, -0.05) is 39.5 Å². The molecule has 9 nitrogen and oxygen atoms in total. The Labute approximate surface area is 131 Å². The summed E-state index contributed by atoms with van der Waals surface area (Å²) in [5.74, 6) is -3.91.